The fourth-order valence-corrected chi connectivity index (χ4v) is 4.43. The Kier molecular flexibility index (Phi) is 7.22. The molecule has 0 aliphatic carbocycles. The van der Waals surface area contributed by atoms with Gasteiger partial charge in [-0.25, -0.2) is 4.79 Å². The van der Waals surface area contributed by atoms with Gasteiger partial charge in [0, 0.05) is 33.3 Å². The molecule has 0 saturated heterocycles. The first-order chi connectivity index (χ1) is 17.3. The SMILES string of the molecule is O=C(Nc1cccc(Sc2ccc(C(=O)c3ccccc3C(=O)O)cc2[N+](=O)[O-])c1)c1ccccc1. The second kappa shape index (κ2) is 10.7. The lowest BCUT2D eigenvalue weighted by atomic mass is 9.98. The third-order valence-electron chi connectivity index (χ3n) is 5.18. The summed E-state index contributed by atoms with van der Waals surface area (Å²) in [6.45, 7) is 0. The molecule has 0 heterocycles. The molecule has 0 atom stereocenters. The molecule has 4 aromatic rings. The van der Waals surface area contributed by atoms with Gasteiger partial charge in [-0.3, -0.25) is 19.7 Å². The third-order valence-corrected chi connectivity index (χ3v) is 6.23. The van der Waals surface area contributed by atoms with Gasteiger partial charge < -0.3 is 10.4 Å². The van der Waals surface area contributed by atoms with E-state index in [2.05, 4.69) is 5.32 Å². The van der Waals surface area contributed by atoms with Crippen LogP contribution in [0.2, 0.25) is 0 Å². The monoisotopic (exact) mass is 498 g/mol. The van der Waals surface area contributed by atoms with E-state index in [1.165, 1.54) is 36.4 Å². The summed E-state index contributed by atoms with van der Waals surface area (Å²) in [6, 6.07) is 25.3. The first-order valence-electron chi connectivity index (χ1n) is 10.6. The van der Waals surface area contributed by atoms with Crippen LogP contribution in [-0.2, 0) is 0 Å². The van der Waals surface area contributed by atoms with Gasteiger partial charge in [-0.2, -0.15) is 0 Å². The van der Waals surface area contributed by atoms with Crippen LogP contribution in [0, 0.1) is 10.1 Å². The molecule has 0 fully saturated rings. The van der Waals surface area contributed by atoms with Crippen LogP contribution in [0.5, 0.6) is 0 Å². The van der Waals surface area contributed by atoms with E-state index in [1.807, 2.05) is 6.07 Å². The summed E-state index contributed by atoms with van der Waals surface area (Å²) in [4.78, 5) is 49.0. The minimum Gasteiger partial charge on any atom is -0.478 e. The van der Waals surface area contributed by atoms with E-state index >= 15 is 0 Å². The molecule has 0 saturated carbocycles. The molecule has 36 heavy (non-hydrogen) atoms. The van der Waals surface area contributed by atoms with Gasteiger partial charge in [0.25, 0.3) is 11.6 Å². The van der Waals surface area contributed by atoms with E-state index in [0.717, 1.165) is 17.8 Å². The molecule has 0 bridgehead atoms. The number of carbonyl (C=O) groups is 3. The predicted molar refractivity (Wildman–Crippen MR) is 135 cm³/mol. The summed E-state index contributed by atoms with van der Waals surface area (Å²) in [7, 11) is 0. The number of carboxylic acid groups (broad SMARTS) is 1. The Bertz CT molecular complexity index is 1490. The molecule has 4 aromatic carbocycles. The number of rotatable bonds is 8. The first-order valence-corrected chi connectivity index (χ1v) is 11.4. The number of nitrogens with one attached hydrogen (secondary N) is 1. The Balaban J connectivity index is 1.59. The number of carbonyl (C=O) groups excluding carboxylic acids is 2. The molecule has 0 aliphatic heterocycles. The fraction of sp³-hybridized carbons (Fsp3) is 0. The lowest BCUT2D eigenvalue weighted by Crippen LogP contribution is -2.11. The lowest BCUT2D eigenvalue weighted by Gasteiger charge is -2.09. The molecule has 0 unspecified atom stereocenters. The summed E-state index contributed by atoms with van der Waals surface area (Å²) in [5.41, 5.74) is 0.491. The smallest absolute Gasteiger partial charge is 0.336 e. The average Bonchev–Trinajstić information content (AvgIpc) is 2.89. The Morgan fingerprint density at radius 3 is 2.17 bits per heavy atom. The number of hydrogen-bond acceptors (Lipinski definition) is 6. The molecule has 1 amide bonds. The van der Waals surface area contributed by atoms with Crippen molar-refractivity contribution in [3.05, 3.63) is 129 Å². The van der Waals surface area contributed by atoms with Gasteiger partial charge in [0.05, 0.1) is 15.4 Å². The zero-order valence-corrected chi connectivity index (χ0v) is 19.4. The third kappa shape index (κ3) is 5.48. The van der Waals surface area contributed by atoms with Crippen molar-refractivity contribution >= 4 is 40.8 Å². The number of nitro benzene ring substituents is 1. The normalized spacial score (nSPS) is 10.4. The standard InChI is InChI=1S/C27H18N2O6S/c30-25(21-11-4-5-12-22(21)27(32)33)18-13-14-24(23(15-18)29(34)35)36-20-10-6-9-19(16-20)28-26(31)17-7-2-1-3-8-17/h1-16H,(H,28,31)(H,32,33). The van der Waals surface area contributed by atoms with Crippen molar-refractivity contribution in [3.63, 3.8) is 0 Å². The van der Waals surface area contributed by atoms with Crippen LogP contribution < -0.4 is 5.32 Å². The topological polar surface area (TPSA) is 127 Å². The van der Waals surface area contributed by atoms with Gasteiger partial charge in [-0.05, 0) is 48.5 Å². The summed E-state index contributed by atoms with van der Waals surface area (Å²) in [6.07, 6.45) is 0. The van der Waals surface area contributed by atoms with Gasteiger partial charge in [0.15, 0.2) is 5.78 Å². The molecule has 2 N–H and O–H groups in total. The largest absolute Gasteiger partial charge is 0.478 e. The number of aromatic carboxylic acids is 1. The first kappa shape index (κ1) is 24.4. The molecule has 0 spiro atoms. The van der Waals surface area contributed by atoms with Gasteiger partial charge in [0.1, 0.15) is 0 Å². The zero-order valence-electron chi connectivity index (χ0n) is 18.6. The zero-order chi connectivity index (χ0) is 25.7. The molecule has 0 radical (unpaired) electrons. The minimum atomic E-state index is -1.26. The summed E-state index contributed by atoms with van der Waals surface area (Å²) in [5.74, 6) is -2.17. The van der Waals surface area contributed by atoms with E-state index in [0.29, 0.717) is 16.1 Å². The number of nitro groups is 1. The van der Waals surface area contributed by atoms with Crippen LogP contribution in [0.3, 0.4) is 0 Å². The Hall–Kier alpha value is -4.76. The second-order valence-electron chi connectivity index (χ2n) is 7.57. The summed E-state index contributed by atoms with van der Waals surface area (Å²) in [5, 5.41) is 24.0. The van der Waals surface area contributed by atoms with Crippen LogP contribution >= 0.6 is 11.8 Å². The molecule has 178 valence electrons. The fourth-order valence-electron chi connectivity index (χ4n) is 3.47. The maximum Gasteiger partial charge on any atom is 0.336 e. The van der Waals surface area contributed by atoms with Gasteiger partial charge in [-0.1, -0.05) is 54.2 Å². The van der Waals surface area contributed by atoms with E-state index in [4.69, 9.17) is 0 Å². The number of carboxylic acids is 1. The van der Waals surface area contributed by atoms with Crippen molar-refractivity contribution in [1.82, 2.24) is 0 Å². The lowest BCUT2D eigenvalue weighted by molar-refractivity contribution is -0.387. The Morgan fingerprint density at radius 1 is 0.778 bits per heavy atom. The van der Waals surface area contributed by atoms with Gasteiger partial charge >= 0.3 is 5.97 Å². The highest BCUT2D eigenvalue weighted by Gasteiger charge is 2.22. The number of nitrogens with zero attached hydrogens (tertiary/aromatic N) is 1. The van der Waals surface area contributed by atoms with Crippen molar-refractivity contribution in [2.24, 2.45) is 0 Å². The number of benzene rings is 4. The van der Waals surface area contributed by atoms with Crippen LogP contribution in [0.15, 0.2) is 107 Å². The van der Waals surface area contributed by atoms with Crippen molar-refractivity contribution in [1.29, 1.82) is 0 Å². The summed E-state index contributed by atoms with van der Waals surface area (Å²) >= 11 is 1.11. The quantitative estimate of drug-likeness (QED) is 0.175. The number of ketones is 1. The molecule has 4 rings (SSSR count). The molecular weight excluding hydrogens is 480 g/mol. The van der Waals surface area contributed by atoms with Crippen molar-refractivity contribution in [3.8, 4) is 0 Å². The minimum absolute atomic E-state index is 0.00336. The molecule has 8 nitrogen and oxygen atoms in total. The van der Waals surface area contributed by atoms with Gasteiger partial charge in [0.2, 0.25) is 0 Å². The Morgan fingerprint density at radius 2 is 1.47 bits per heavy atom. The number of hydrogen-bond donors (Lipinski definition) is 2. The van der Waals surface area contributed by atoms with E-state index < -0.39 is 16.7 Å². The highest BCUT2D eigenvalue weighted by atomic mass is 32.2. The van der Waals surface area contributed by atoms with Crippen molar-refractivity contribution in [2.75, 3.05) is 5.32 Å². The van der Waals surface area contributed by atoms with Crippen LogP contribution in [0.1, 0.15) is 36.6 Å². The van der Waals surface area contributed by atoms with E-state index in [9.17, 15) is 29.6 Å². The maximum atomic E-state index is 12.9. The predicted octanol–water partition coefficient (Wildman–Crippen LogP) is 5.93. The van der Waals surface area contributed by atoms with E-state index in [1.54, 1.807) is 48.5 Å². The van der Waals surface area contributed by atoms with Crippen LogP contribution in [0.4, 0.5) is 11.4 Å². The van der Waals surface area contributed by atoms with Crippen LogP contribution in [0.25, 0.3) is 0 Å². The maximum absolute atomic E-state index is 12.9. The van der Waals surface area contributed by atoms with Crippen LogP contribution in [-0.4, -0.2) is 27.7 Å². The summed E-state index contributed by atoms with van der Waals surface area (Å²) < 4.78 is 0. The van der Waals surface area contributed by atoms with Gasteiger partial charge in [-0.15, -0.1) is 0 Å². The molecule has 0 aliphatic rings. The molecular formula is C27H18N2O6S. The van der Waals surface area contributed by atoms with E-state index in [-0.39, 0.29) is 33.2 Å². The average molecular weight is 499 g/mol. The molecule has 9 heteroatoms. The molecule has 0 aromatic heterocycles. The van der Waals surface area contributed by atoms with Crippen molar-refractivity contribution < 1.29 is 24.4 Å². The number of amides is 1. The van der Waals surface area contributed by atoms with Crippen molar-refractivity contribution in [2.45, 2.75) is 9.79 Å². The second-order valence-corrected chi connectivity index (χ2v) is 8.68. The highest BCUT2D eigenvalue weighted by molar-refractivity contribution is 7.99. The number of anilines is 1. The Labute approximate surface area is 209 Å². The highest BCUT2D eigenvalue weighted by Crippen LogP contribution is 2.36.